The van der Waals surface area contributed by atoms with E-state index in [9.17, 15) is 0 Å². The second kappa shape index (κ2) is 5.07. The van der Waals surface area contributed by atoms with E-state index in [1.165, 1.54) is 0 Å². The molecule has 0 saturated heterocycles. The Labute approximate surface area is 115 Å². The third-order valence-corrected chi connectivity index (χ3v) is 3.40. The molecule has 4 nitrogen and oxygen atoms in total. The van der Waals surface area contributed by atoms with Crippen LogP contribution in [0.3, 0.4) is 0 Å². The summed E-state index contributed by atoms with van der Waals surface area (Å²) >= 11 is 1.57. The molecule has 3 aromatic rings. The zero-order valence-corrected chi connectivity index (χ0v) is 10.9. The average Bonchev–Trinajstić information content (AvgIpc) is 2.89. The van der Waals surface area contributed by atoms with E-state index in [1.807, 2.05) is 41.8 Å². The number of anilines is 3. The number of rotatable bonds is 3. The van der Waals surface area contributed by atoms with Gasteiger partial charge >= 0.3 is 0 Å². The van der Waals surface area contributed by atoms with Crippen LogP contribution < -0.4 is 11.1 Å². The van der Waals surface area contributed by atoms with Crippen LogP contribution in [0, 0.1) is 0 Å². The van der Waals surface area contributed by atoms with Crippen molar-refractivity contribution >= 4 is 27.8 Å². The maximum absolute atomic E-state index is 5.68. The molecule has 0 bridgehead atoms. The highest BCUT2D eigenvalue weighted by Gasteiger charge is 2.04. The maximum Gasteiger partial charge on any atom is 0.187 e. The van der Waals surface area contributed by atoms with E-state index in [0.29, 0.717) is 0 Å². The minimum Gasteiger partial charge on any atom is -0.399 e. The first-order valence-corrected chi connectivity index (χ1v) is 6.68. The van der Waals surface area contributed by atoms with Gasteiger partial charge in [0.25, 0.3) is 0 Å². The second-order valence-electron chi connectivity index (χ2n) is 4.02. The summed E-state index contributed by atoms with van der Waals surface area (Å²) < 4.78 is 0. The van der Waals surface area contributed by atoms with Crippen LogP contribution in [0.25, 0.3) is 11.3 Å². The van der Waals surface area contributed by atoms with Crippen LogP contribution in [0.5, 0.6) is 0 Å². The number of nitrogens with one attached hydrogen (secondary N) is 1. The first-order chi connectivity index (χ1) is 9.31. The minimum atomic E-state index is 0.758. The number of pyridine rings is 1. The zero-order chi connectivity index (χ0) is 13.1. The van der Waals surface area contributed by atoms with E-state index in [4.69, 9.17) is 5.73 Å². The molecule has 0 aliphatic rings. The molecular weight excluding hydrogens is 256 g/mol. The number of thiazole rings is 1. The van der Waals surface area contributed by atoms with Crippen molar-refractivity contribution in [3.8, 4) is 11.3 Å². The Morgan fingerprint density at radius 3 is 2.47 bits per heavy atom. The van der Waals surface area contributed by atoms with Gasteiger partial charge in [-0.15, -0.1) is 11.3 Å². The average molecular weight is 268 g/mol. The largest absolute Gasteiger partial charge is 0.399 e. The SMILES string of the molecule is Nc1ccc(-c2csc(Nc3ccncc3)n2)cc1. The lowest BCUT2D eigenvalue weighted by Crippen LogP contribution is -1.89. The lowest BCUT2D eigenvalue weighted by molar-refractivity contribution is 1.31. The normalized spacial score (nSPS) is 10.3. The van der Waals surface area contributed by atoms with Crippen molar-refractivity contribution in [2.24, 2.45) is 0 Å². The zero-order valence-electron chi connectivity index (χ0n) is 10.1. The van der Waals surface area contributed by atoms with E-state index in [-0.39, 0.29) is 0 Å². The van der Waals surface area contributed by atoms with Gasteiger partial charge in [-0.2, -0.15) is 0 Å². The Hall–Kier alpha value is -2.40. The number of nitrogens with two attached hydrogens (primary N) is 1. The van der Waals surface area contributed by atoms with Gasteiger partial charge in [0.15, 0.2) is 5.13 Å². The summed E-state index contributed by atoms with van der Waals surface area (Å²) in [6.45, 7) is 0. The molecule has 5 heteroatoms. The summed E-state index contributed by atoms with van der Waals surface area (Å²) in [5.41, 5.74) is 9.42. The number of hydrogen-bond acceptors (Lipinski definition) is 5. The highest BCUT2D eigenvalue weighted by atomic mass is 32.1. The van der Waals surface area contributed by atoms with Gasteiger partial charge in [0, 0.05) is 34.7 Å². The van der Waals surface area contributed by atoms with Crippen LogP contribution in [0.15, 0.2) is 54.2 Å². The lowest BCUT2D eigenvalue weighted by atomic mass is 10.1. The number of nitrogen functional groups attached to an aromatic ring is 1. The first kappa shape index (κ1) is 11.7. The van der Waals surface area contributed by atoms with E-state index < -0.39 is 0 Å². The van der Waals surface area contributed by atoms with Gasteiger partial charge in [-0.25, -0.2) is 4.98 Å². The summed E-state index contributed by atoms with van der Waals surface area (Å²) in [5.74, 6) is 0. The van der Waals surface area contributed by atoms with E-state index in [1.54, 1.807) is 23.7 Å². The number of nitrogens with zero attached hydrogens (tertiary/aromatic N) is 2. The van der Waals surface area contributed by atoms with Crippen molar-refractivity contribution in [1.82, 2.24) is 9.97 Å². The van der Waals surface area contributed by atoms with Gasteiger partial charge in [0.2, 0.25) is 0 Å². The molecule has 0 amide bonds. The molecule has 0 unspecified atom stereocenters. The van der Waals surface area contributed by atoms with Crippen LogP contribution >= 0.6 is 11.3 Å². The number of benzene rings is 1. The molecule has 3 N–H and O–H groups in total. The van der Waals surface area contributed by atoms with E-state index in [0.717, 1.165) is 27.8 Å². The molecule has 2 heterocycles. The van der Waals surface area contributed by atoms with Crippen molar-refractivity contribution in [2.75, 3.05) is 11.1 Å². The molecule has 19 heavy (non-hydrogen) atoms. The Morgan fingerprint density at radius 2 is 1.74 bits per heavy atom. The maximum atomic E-state index is 5.68. The molecule has 0 saturated carbocycles. The second-order valence-corrected chi connectivity index (χ2v) is 4.88. The van der Waals surface area contributed by atoms with Gasteiger partial charge in [-0.3, -0.25) is 4.98 Å². The molecule has 0 fully saturated rings. The molecule has 3 rings (SSSR count). The van der Waals surface area contributed by atoms with Gasteiger partial charge in [-0.05, 0) is 24.3 Å². The Kier molecular flexibility index (Phi) is 3.12. The third-order valence-electron chi connectivity index (χ3n) is 2.64. The monoisotopic (exact) mass is 268 g/mol. The van der Waals surface area contributed by atoms with Gasteiger partial charge in [0.05, 0.1) is 5.69 Å². The smallest absolute Gasteiger partial charge is 0.187 e. The standard InChI is InChI=1S/C14H12N4S/c15-11-3-1-10(2-4-11)13-9-19-14(18-13)17-12-5-7-16-8-6-12/h1-9H,15H2,(H,16,17,18). The minimum absolute atomic E-state index is 0.758. The van der Waals surface area contributed by atoms with Crippen LogP contribution in [-0.4, -0.2) is 9.97 Å². The molecule has 0 spiro atoms. The highest BCUT2D eigenvalue weighted by Crippen LogP contribution is 2.27. The Balaban J connectivity index is 1.82. The molecule has 0 radical (unpaired) electrons. The predicted octanol–water partition coefficient (Wildman–Crippen LogP) is 3.53. The summed E-state index contributed by atoms with van der Waals surface area (Å²) in [4.78, 5) is 8.53. The summed E-state index contributed by atoms with van der Waals surface area (Å²) in [5, 5.41) is 6.13. The predicted molar refractivity (Wildman–Crippen MR) is 79.5 cm³/mol. The van der Waals surface area contributed by atoms with Gasteiger partial charge in [-0.1, -0.05) is 12.1 Å². The van der Waals surface area contributed by atoms with Gasteiger partial charge < -0.3 is 11.1 Å². The van der Waals surface area contributed by atoms with Gasteiger partial charge in [0.1, 0.15) is 0 Å². The topological polar surface area (TPSA) is 63.8 Å². The lowest BCUT2D eigenvalue weighted by Gasteiger charge is -2.00. The molecule has 0 aliphatic carbocycles. The third kappa shape index (κ3) is 2.71. The molecule has 0 aliphatic heterocycles. The van der Waals surface area contributed by atoms with E-state index in [2.05, 4.69) is 15.3 Å². The van der Waals surface area contributed by atoms with Crippen LogP contribution in [0.1, 0.15) is 0 Å². The Bertz CT molecular complexity index is 661. The molecule has 2 aromatic heterocycles. The van der Waals surface area contributed by atoms with Crippen molar-refractivity contribution in [3.63, 3.8) is 0 Å². The highest BCUT2D eigenvalue weighted by molar-refractivity contribution is 7.14. The van der Waals surface area contributed by atoms with E-state index >= 15 is 0 Å². The van der Waals surface area contributed by atoms with Crippen molar-refractivity contribution < 1.29 is 0 Å². The number of hydrogen-bond donors (Lipinski definition) is 2. The van der Waals surface area contributed by atoms with Crippen molar-refractivity contribution in [2.45, 2.75) is 0 Å². The Morgan fingerprint density at radius 1 is 1.00 bits per heavy atom. The summed E-state index contributed by atoms with van der Waals surface area (Å²) in [7, 11) is 0. The van der Waals surface area contributed by atoms with Crippen LogP contribution in [0.4, 0.5) is 16.5 Å². The van der Waals surface area contributed by atoms with Crippen molar-refractivity contribution in [1.29, 1.82) is 0 Å². The van der Waals surface area contributed by atoms with Crippen LogP contribution in [0.2, 0.25) is 0 Å². The fraction of sp³-hybridized carbons (Fsp3) is 0. The molecular formula is C14H12N4S. The quantitative estimate of drug-likeness (QED) is 0.713. The first-order valence-electron chi connectivity index (χ1n) is 5.80. The summed E-state index contributed by atoms with van der Waals surface area (Å²) in [6, 6.07) is 11.5. The van der Waals surface area contributed by atoms with Crippen LogP contribution in [-0.2, 0) is 0 Å². The number of aromatic nitrogens is 2. The molecule has 94 valence electrons. The molecule has 1 aromatic carbocycles. The summed E-state index contributed by atoms with van der Waals surface area (Å²) in [6.07, 6.45) is 3.49. The fourth-order valence-corrected chi connectivity index (χ4v) is 2.42. The van der Waals surface area contributed by atoms with Crippen molar-refractivity contribution in [3.05, 3.63) is 54.2 Å². The fourth-order valence-electron chi connectivity index (χ4n) is 1.68. The molecule has 0 atom stereocenters.